The molecule has 1 aromatic carbocycles. The highest BCUT2D eigenvalue weighted by Gasteiger charge is 2.21. The van der Waals surface area contributed by atoms with Gasteiger partial charge in [0.25, 0.3) is 0 Å². The summed E-state index contributed by atoms with van der Waals surface area (Å²) in [5.74, 6) is 3.25. The number of hydrogen-bond donors (Lipinski definition) is 1. The first kappa shape index (κ1) is 21.3. The smallest absolute Gasteiger partial charge is 0.130 e. The van der Waals surface area contributed by atoms with Crippen LogP contribution in [0.5, 0.6) is 5.75 Å². The molecule has 1 aliphatic rings. The van der Waals surface area contributed by atoms with Crippen molar-refractivity contribution < 1.29 is 4.74 Å². The summed E-state index contributed by atoms with van der Waals surface area (Å²) in [5.41, 5.74) is 3.57. The number of hydrogen-bond acceptors (Lipinski definition) is 6. The minimum Gasteiger partial charge on any atom is -0.497 e. The van der Waals surface area contributed by atoms with Crippen LogP contribution in [0.25, 0.3) is 0 Å². The van der Waals surface area contributed by atoms with Crippen LogP contribution < -0.4 is 10.1 Å². The molecule has 1 fully saturated rings. The summed E-state index contributed by atoms with van der Waals surface area (Å²) in [6.07, 6.45) is 5.29. The van der Waals surface area contributed by atoms with Gasteiger partial charge in [-0.15, -0.1) is 0 Å². The Kier molecular flexibility index (Phi) is 6.82. The number of rotatable bonds is 8. The fourth-order valence-electron chi connectivity index (χ4n) is 4.23. The summed E-state index contributed by atoms with van der Waals surface area (Å²) in [7, 11) is 3.70. The molecule has 7 nitrogen and oxygen atoms in total. The summed E-state index contributed by atoms with van der Waals surface area (Å²) in [5, 5.41) is 7.72. The van der Waals surface area contributed by atoms with Gasteiger partial charge in [0.2, 0.25) is 0 Å². The van der Waals surface area contributed by atoms with Crippen LogP contribution in [0.3, 0.4) is 0 Å². The van der Waals surface area contributed by atoms with E-state index in [-0.39, 0.29) is 0 Å². The molecule has 0 atom stereocenters. The molecule has 31 heavy (non-hydrogen) atoms. The van der Waals surface area contributed by atoms with Gasteiger partial charge in [-0.05, 0) is 69.0 Å². The number of ether oxygens (including phenoxy) is 1. The van der Waals surface area contributed by atoms with Crippen molar-refractivity contribution in [3.05, 3.63) is 65.4 Å². The maximum atomic E-state index is 5.31. The first-order valence-electron chi connectivity index (χ1n) is 11.0. The van der Waals surface area contributed by atoms with Crippen LogP contribution in [0, 0.1) is 12.8 Å². The van der Waals surface area contributed by atoms with Crippen LogP contribution in [0.1, 0.15) is 35.6 Å². The first-order valence-corrected chi connectivity index (χ1v) is 11.0. The number of anilines is 1. The van der Waals surface area contributed by atoms with E-state index in [1.165, 1.54) is 18.5 Å². The zero-order valence-electron chi connectivity index (χ0n) is 18.7. The maximum absolute atomic E-state index is 5.31. The third-order valence-electron chi connectivity index (χ3n) is 6.01. The van der Waals surface area contributed by atoms with Gasteiger partial charge in [0.15, 0.2) is 0 Å². The molecule has 7 heteroatoms. The van der Waals surface area contributed by atoms with E-state index in [1.807, 2.05) is 43.0 Å². The topological polar surface area (TPSA) is 68.1 Å². The lowest BCUT2D eigenvalue weighted by atomic mass is 9.92. The van der Waals surface area contributed by atoms with Gasteiger partial charge in [-0.1, -0.05) is 12.1 Å². The van der Waals surface area contributed by atoms with Crippen LogP contribution in [0.15, 0.2) is 42.6 Å². The molecule has 2 aromatic heterocycles. The largest absolute Gasteiger partial charge is 0.497 e. The normalized spacial score (nSPS) is 15.2. The third kappa shape index (κ3) is 5.82. The molecule has 0 radical (unpaired) electrons. The van der Waals surface area contributed by atoms with E-state index in [9.17, 15) is 0 Å². The Balaban J connectivity index is 1.31. The summed E-state index contributed by atoms with van der Waals surface area (Å²) >= 11 is 0. The molecule has 0 amide bonds. The Morgan fingerprint density at radius 2 is 1.97 bits per heavy atom. The van der Waals surface area contributed by atoms with Crippen molar-refractivity contribution in [1.82, 2.24) is 24.6 Å². The number of aromatic nitrogens is 4. The van der Waals surface area contributed by atoms with Gasteiger partial charge in [-0.3, -0.25) is 9.58 Å². The van der Waals surface area contributed by atoms with Crippen molar-refractivity contribution in [3.8, 4) is 5.75 Å². The molecular weight excluding hydrogens is 388 g/mol. The third-order valence-corrected chi connectivity index (χ3v) is 6.01. The monoisotopic (exact) mass is 420 g/mol. The first-order chi connectivity index (χ1) is 15.1. The van der Waals surface area contributed by atoms with Gasteiger partial charge in [0.1, 0.15) is 17.4 Å². The van der Waals surface area contributed by atoms with Crippen molar-refractivity contribution in [2.24, 2.45) is 13.0 Å². The number of nitrogens with zero attached hydrogens (tertiary/aromatic N) is 5. The molecular formula is C24H32N6O. The zero-order chi connectivity index (χ0) is 21.6. The summed E-state index contributed by atoms with van der Waals surface area (Å²) in [6.45, 7) is 5.91. The van der Waals surface area contributed by atoms with E-state index in [0.717, 1.165) is 54.7 Å². The molecule has 0 saturated carbocycles. The van der Waals surface area contributed by atoms with Crippen LogP contribution in [-0.2, 0) is 26.6 Å². The predicted octanol–water partition coefficient (Wildman–Crippen LogP) is 3.59. The molecule has 0 aliphatic carbocycles. The summed E-state index contributed by atoms with van der Waals surface area (Å²) in [4.78, 5) is 11.8. The van der Waals surface area contributed by atoms with Gasteiger partial charge in [0, 0.05) is 38.1 Å². The number of methoxy groups -OCH3 is 1. The number of benzene rings is 1. The maximum Gasteiger partial charge on any atom is 0.130 e. The fourth-order valence-corrected chi connectivity index (χ4v) is 4.23. The van der Waals surface area contributed by atoms with Gasteiger partial charge >= 0.3 is 0 Å². The predicted molar refractivity (Wildman–Crippen MR) is 122 cm³/mol. The molecule has 3 aromatic rings. The van der Waals surface area contributed by atoms with Gasteiger partial charge in [-0.25, -0.2) is 9.97 Å². The van der Waals surface area contributed by atoms with Gasteiger partial charge < -0.3 is 10.1 Å². The Labute approximate surface area is 184 Å². The Morgan fingerprint density at radius 3 is 2.71 bits per heavy atom. The average Bonchev–Trinajstić information content (AvgIpc) is 3.18. The lowest BCUT2D eigenvalue weighted by Crippen LogP contribution is -2.34. The van der Waals surface area contributed by atoms with Crippen molar-refractivity contribution in [3.63, 3.8) is 0 Å². The Hall–Kier alpha value is -2.93. The minimum absolute atomic E-state index is 0.670. The number of piperidine rings is 1. The average molecular weight is 421 g/mol. The molecule has 1 N–H and O–H groups in total. The Morgan fingerprint density at radius 1 is 1.13 bits per heavy atom. The van der Waals surface area contributed by atoms with Crippen molar-refractivity contribution in [1.29, 1.82) is 0 Å². The number of likely N-dealkylation sites (tertiary alicyclic amines) is 1. The molecule has 0 unspecified atom stereocenters. The van der Waals surface area contributed by atoms with Crippen LogP contribution in [-0.4, -0.2) is 44.8 Å². The fraction of sp³-hybridized carbons (Fsp3) is 0.458. The molecule has 1 saturated heterocycles. The molecule has 4 rings (SSSR count). The van der Waals surface area contributed by atoms with Gasteiger partial charge in [0.05, 0.1) is 12.8 Å². The highest BCUT2D eigenvalue weighted by Crippen LogP contribution is 2.23. The second-order valence-corrected chi connectivity index (χ2v) is 8.37. The lowest BCUT2D eigenvalue weighted by Gasteiger charge is -2.31. The van der Waals surface area contributed by atoms with Crippen LogP contribution >= 0.6 is 0 Å². The zero-order valence-corrected chi connectivity index (χ0v) is 18.7. The number of aryl methyl sites for hydroxylation is 2. The van der Waals surface area contributed by atoms with Gasteiger partial charge in [-0.2, -0.15) is 5.10 Å². The lowest BCUT2D eigenvalue weighted by molar-refractivity contribution is 0.173. The van der Waals surface area contributed by atoms with E-state index in [4.69, 9.17) is 9.72 Å². The summed E-state index contributed by atoms with van der Waals surface area (Å²) in [6, 6.07) is 12.3. The van der Waals surface area contributed by atoms with Crippen molar-refractivity contribution >= 4 is 5.82 Å². The quantitative estimate of drug-likeness (QED) is 0.601. The van der Waals surface area contributed by atoms with E-state index in [2.05, 4.69) is 38.5 Å². The van der Waals surface area contributed by atoms with Crippen molar-refractivity contribution in [2.75, 3.05) is 25.5 Å². The SMILES string of the molecule is COc1cccc(CNc2cc(CC3CCN(Cc4ccnn4C)CC3)nc(C)n2)c1. The second-order valence-electron chi connectivity index (χ2n) is 8.37. The summed E-state index contributed by atoms with van der Waals surface area (Å²) < 4.78 is 7.28. The van der Waals surface area contributed by atoms with E-state index in [0.29, 0.717) is 12.5 Å². The van der Waals surface area contributed by atoms with Crippen LogP contribution in [0.2, 0.25) is 0 Å². The highest BCUT2D eigenvalue weighted by atomic mass is 16.5. The van der Waals surface area contributed by atoms with E-state index < -0.39 is 0 Å². The molecule has 0 spiro atoms. The minimum atomic E-state index is 0.670. The highest BCUT2D eigenvalue weighted by molar-refractivity contribution is 5.38. The van der Waals surface area contributed by atoms with E-state index >= 15 is 0 Å². The number of nitrogens with one attached hydrogen (secondary N) is 1. The molecule has 0 bridgehead atoms. The van der Waals surface area contributed by atoms with E-state index in [1.54, 1.807) is 7.11 Å². The second kappa shape index (κ2) is 9.92. The van der Waals surface area contributed by atoms with Crippen LogP contribution in [0.4, 0.5) is 5.82 Å². The molecule has 3 heterocycles. The molecule has 164 valence electrons. The molecule has 1 aliphatic heterocycles. The standard InChI is InChI=1S/C24H32N6O/c1-18-27-21(15-24(28-18)25-16-20-5-4-6-23(14-20)31-3)13-19-8-11-30(12-9-19)17-22-7-10-26-29(22)2/h4-7,10,14-15,19H,8-9,11-13,16-17H2,1-3H3,(H,25,27,28). The van der Waals surface area contributed by atoms with Crippen molar-refractivity contribution in [2.45, 2.75) is 39.3 Å². The Bertz CT molecular complexity index is 993.